The van der Waals surface area contributed by atoms with Crippen LogP contribution in [0, 0.1) is 5.92 Å². The van der Waals surface area contributed by atoms with Gasteiger partial charge in [-0.25, -0.2) is 9.97 Å². The van der Waals surface area contributed by atoms with Gasteiger partial charge in [0.2, 0.25) is 5.91 Å². The van der Waals surface area contributed by atoms with Crippen LogP contribution in [0.1, 0.15) is 32.8 Å². The van der Waals surface area contributed by atoms with Crippen molar-refractivity contribution in [1.29, 1.82) is 0 Å². The fourth-order valence-corrected chi connectivity index (χ4v) is 2.28. The minimum atomic E-state index is -0.0910. The van der Waals surface area contributed by atoms with Gasteiger partial charge in [-0.1, -0.05) is 20.8 Å². The number of hydrogen-bond acceptors (Lipinski definition) is 5. The summed E-state index contributed by atoms with van der Waals surface area (Å²) in [5.74, 6) is 1.73. The van der Waals surface area contributed by atoms with Crippen LogP contribution in [-0.2, 0) is 11.2 Å². The number of carbonyl (C=O) groups excluding carboxylic acids is 1. The molecule has 0 aromatic carbocycles. The number of anilines is 2. The predicted molar refractivity (Wildman–Crippen MR) is 86.7 cm³/mol. The lowest BCUT2D eigenvalue weighted by Gasteiger charge is -2.24. The molecule has 0 aliphatic heterocycles. The molecule has 1 heterocycles. The molecular formula is C15H27N5O. The van der Waals surface area contributed by atoms with Crippen molar-refractivity contribution >= 4 is 17.5 Å². The standard InChI is InChI=1S/C15H27N5O/c1-6-8-17-13-12(7-2)14(19-10-18-13)20(5)9-11(3)15(21)16-4/h10-11H,6-9H2,1-5H3,(H,16,21)(H,17,18,19). The van der Waals surface area contributed by atoms with E-state index in [1.54, 1.807) is 13.4 Å². The Morgan fingerprint density at radius 2 is 2.10 bits per heavy atom. The molecular weight excluding hydrogens is 266 g/mol. The van der Waals surface area contributed by atoms with E-state index in [-0.39, 0.29) is 11.8 Å². The molecule has 21 heavy (non-hydrogen) atoms. The molecule has 1 aromatic rings. The average molecular weight is 293 g/mol. The van der Waals surface area contributed by atoms with E-state index >= 15 is 0 Å². The Labute approximate surface area is 127 Å². The Morgan fingerprint density at radius 1 is 1.38 bits per heavy atom. The van der Waals surface area contributed by atoms with Gasteiger partial charge in [0, 0.05) is 32.7 Å². The van der Waals surface area contributed by atoms with Crippen LogP contribution in [0.3, 0.4) is 0 Å². The van der Waals surface area contributed by atoms with E-state index in [4.69, 9.17) is 0 Å². The Kier molecular flexibility index (Phi) is 6.91. The molecule has 0 spiro atoms. The van der Waals surface area contributed by atoms with Crippen LogP contribution < -0.4 is 15.5 Å². The van der Waals surface area contributed by atoms with Crippen molar-refractivity contribution in [2.75, 3.05) is 37.4 Å². The largest absolute Gasteiger partial charge is 0.370 e. The van der Waals surface area contributed by atoms with Crippen LogP contribution >= 0.6 is 0 Å². The number of nitrogens with zero attached hydrogens (tertiary/aromatic N) is 3. The second kappa shape index (κ2) is 8.44. The van der Waals surface area contributed by atoms with Crippen LogP contribution in [0.25, 0.3) is 0 Å². The van der Waals surface area contributed by atoms with Gasteiger partial charge in [0.05, 0.1) is 5.92 Å². The zero-order valence-corrected chi connectivity index (χ0v) is 13.7. The Morgan fingerprint density at radius 3 is 2.67 bits per heavy atom. The quantitative estimate of drug-likeness (QED) is 0.763. The third kappa shape index (κ3) is 4.58. The van der Waals surface area contributed by atoms with Crippen LogP contribution in [0.5, 0.6) is 0 Å². The summed E-state index contributed by atoms with van der Waals surface area (Å²) in [5, 5.41) is 6.02. The van der Waals surface area contributed by atoms with E-state index in [1.807, 2.05) is 18.9 Å². The predicted octanol–water partition coefficient (Wildman–Crippen LogP) is 1.68. The lowest BCUT2D eigenvalue weighted by molar-refractivity contribution is -0.123. The smallest absolute Gasteiger partial charge is 0.224 e. The highest BCUT2D eigenvalue weighted by Gasteiger charge is 2.18. The molecule has 0 saturated heterocycles. The zero-order chi connectivity index (χ0) is 15.8. The fraction of sp³-hybridized carbons (Fsp3) is 0.667. The maximum Gasteiger partial charge on any atom is 0.224 e. The van der Waals surface area contributed by atoms with Crippen LogP contribution in [0.4, 0.5) is 11.6 Å². The molecule has 0 fully saturated rings. The molecule has 118 valence electrons. The van der Waals surface area contributed by atoms with Gasteiger partial charge in [-0.3, -0.25) is 4.79 Å². The summed E-state index contributed by atoms with van der Waals surface area (Å²) in [4.78, 5) is 22.4. The van der Waals surface area contributed by atoms with Crippen LogP contribution in [0.15, 0.2) is 6.33 Å². The number of rotatable bonds is 8. The summed E-state index contributed by atoms with van der Waals surface area (Å²) in [6, 6.07) is 0. The summed E-state index contributed by atoms with van der Waals surface area (Å²) in [7, 11) is 3.62. The van der Waals surface area contributed by atoms with Gasteiger partial charge in [-0.05, 0) is 12.8 Å². The Bertz CT molecular complexity index is 463. The molecule has 1 unspecified atom stereocenters. The minimum absolute atomic E-state index is 0.0401. The van der Waals surface area contributed by atoms with Crippen molar-refractivity contribution in [2.24, 2.45) is 5.92 Å². The third-order valence-electron chi connectivity index (χ3n) is 3.42. The summed E-state index contributed by atoms with van der Waals surface area (Å²) in [6.45, 7) is 7.64. The first-order valence-electron chi connectivity index (χ1n) is 7.55. The Balaban J connectivity index is 2.92. The number of carbonyl (C=O) groups is 1. The lowest BCUT2D eigenvalue weighted by Crippen LogP contribution is -2.35. The highest BCUT2D eigenvalue weighted by molar-refractivity contribution is 5.78. The van der Waals surface area contributed by atoms with Crippen molar-refractivity contribution in [1.82, 2.24) is 15.3 Å². The molecule has 1 atom stereocenters. The summed E-state index contributed by atoms with van der Waals surface area (Å²) in [6.07, 6.45) is 3.47. The summed E-state index contributed by atoms with van der Waals surface area (Å²) >= 11 is 0. The van der Waals surface area contributed by atoms with Crippen molar-refractivity contribution in [3.8, 4) is 0 Å². The second-order valence-electron chi connectivity index (χ2n) is 5.20. The molecule has 1 amide bonds. The van der Waals surface area contributed by atoms with Gasteiger partial charge in [-0.15, -0.1) is 0 Å². The number of aromatic nitrogens is 2. The van der Waals surface area contributed by atoms with E-state index in [0.29, 0.717) is 6.54 Å². The number of nitrogens with one attached hydrogen (secondary N) is 2. The van der Waals surface area contributed by atoms with Gasteiger partial charge >= 0.3 is 0 Å². The number of amides is 1. The van der Waals surface area contributed by atoms with E-state index in [9.17, 15) is 4.79 Å². The van der Waals surface area contributed by atoms with Gasteiger partial charge < -0.3 is 15.5 Å². The van der Waals surface area contributed by atoms with Gasteiger partial charge in [-0.2, -0.15) is 0 Å². The molecule has 0 bridgehead atoms. The monoisotopic (exact) mass is 293 g/mol. The Hall–Kier alpha value is -1.85. The van der Waals surface area contributed by atoms with Gasteiger partial charge in [0.1, 0.15) is 18.0 Å². The molecule has 1 rings (SSSR count). The highest BCUT2D eigenvalue weighted by Crippen LogP contribution is 2.23. The molecule has 6 nitrogen and oxygen atoms in total. The molecule has 0 radical (unpaired) electrons. The third-order valence-corrected chi connectivity index (χ3v) is 3.42. The SMILES string of the molecule is CCCNc1ncnc(N(C)CC(C)C(=O)NC)c1CC. The van der Waals surface area contributed by atoms with Crippen molar-refractivity contribution < 1.29 is 4.79 Å². The van der Waals surface area contributed by atoms with E-state index in [0.717, 1.165) is 36.6 Å². The molecule has 2 N–H and O–H groups in total. The lowest BCUT2D eigenvalue weighted by atomic mass is 10.1. The molecule has 1 aromatic heterocycles. The topological polar surface area (TPSA) is 70.2 Å². The molecule has 6 heteroatoms. The molecule has 0 aliphatic rings. The van der Waals surface area contributed by atoms with Crippen molar-refractivity contribution in [3.63, 3.8) is 0 Å². The van der Waals surface area contributed by atoms with E-state index in [1.165, 1.54) is 0 Å². The summed E-state index contributed by atoms with van der Waals surface area (Å²) < 4.78 is 0. The zero-order valence-electron chi connectivity index (χ0n) is 13.7. The van der Waals surface area contributed by atoms with Gasteiger partial charge in [0.15, 0.2) is 0 Å². The van der Waals surface area contributed by atoms with Crippen molar-refractivity contribution in [2.45, 2.75) is 33.6 Å². The first-order valence-corrected chi connectivity index (χ1v) is 7.55. The molecule has 0 saturated carbocycles. The maximum atomic E-state index is 11.7. The van der Waals surface area contributed by atoms with E-state index in [2.05, 4.69) is 34.4 Å². The number of hydrogen-bond donors (Lipinski definition) is 2. The first-order chi connectivity index (χ1) is 10.0. The second-order valence-corrected chi connectivity index (χ2v) is 5.20. The van der Waals surface area contributed by atoms with Gasteiger partial charge in [0.25, 0.3) is 0 Å². The van der Waals surface area contributed by atoms with Crippen LogP contribution in [-0.4, -0.2) is 43.1 Å². The first kappa shape index (κ1) is 17.2. The normalized spacial score (nSPS) is 11.9. The van der Waals surface area contributed by atoms with Crippen LogP contribution in [0.2, 0.25) is 0 Å². The average Bonchev–Trinajstić information content (AvgIpc) is 2.51. The highest BCUT2D eigenvalue weighted by atomic mass is 16.1. The van der Waals surface area contributed by atoms with Crippen molar-refractivity contribution in [3.05, 3.63) is 11.9 Å². The minimum Gasteiger partial charge on any atom is -0.370 e. The fourth-order valence-electron chi connectivity index (χ4n) is 2.28. The summed E-state index contributed by atoms with van der Waals surface area (Å²) in [5.41, 5.74) is 1.09. The maximum absolute atomic E-state index is 11.7. The molecule has 0 aliphatic carbocycles. The van der Waals surface area contributed by atoms with E-state index < -0.39 is 0 Å².